The van der Waals surface area contributed by atoms with Crippen molar-refractivity contribution in [3.63, 3.8) is 0 Å². The van der Waals surface area contributed by atoms with Crippen LogP contribution in [0.3, 0.4) is 0 Å². The van der Waals surface area contributed by atoms with E-state index in [4.69, 9.17) is 0 Å². The molecule has 7 heteroatoms. The van der Waals surface area contributed by atoms with Crippen molar-refractivity contribution in [2.24, 2.45) is 0 Å². The zero-order chi connectivity index (χ0) is 20.2. The van der Waals surface area contributed by atoms with Crippen molar-refractivity contribution >= 4 is 20.0 Å². The number of hydrogen-bond donors (Lipinski definition) is 0. The number of aryl methyl sites for hydroxylation is 1. The van der Waals surface area contributed by atoms with E-state index in [1.807, 2.05) is 19.1 Å². The van der Waals surface area contributed by atoms with Crippen molar-refractivity contribution in [1.82, 2.24) is 3.71 Å². The summed E-state index contributed by atoms with van der Waals surface area (Å²) < 4.78 is 53.5. The lowest BCUT2D eigenvalue weighted by atomic mass is 10.1. The van der Waals surface area contributed by atoms with E-state index in [0.717, 1.165) is 12.0 Å². The molecule has 3 rings (SSSR count). The predicted molar refractivity (Wildman–Crippen MR) is 109 cm³/mol. The first-order chi connectivity index (χ1) is 13.4. The van der Waals surface area contributed by atoms with Crippen LogP contribution in [0.4, 0.5) is 0 Å². The minimum Gasteiger partial charge on any atom is -0.206 e. The number of benzene rings is 3. The molecule has 0 aliphatic carbocycles. The van der Waals surface area contributed by atoms with Crippen molar-refractivity contribution in [3.05, 3.63) is 96.1 Å². The van der Waals surface area contributed by atoms with Gasteiger partial charge in [0.05, 0.1) is 16.3 Å². The quantitative estimate of drug-likeness (QED) is 0.588. The first kappa shape index (κ1) is 20.3. The van der Waals surface area contributed by atoms with Gasteiger partial charge in [0, 0.05) is 0 Å². The summed E-state index contributed by atoms with van der Waals surface area (Å²) in [4.78, 5) is -0.139. The van der Waals surface area contributed by atoms with Gasteiger partial charge in [-0.05, 0) is 41.8 Å². The van der Waals surface area contributed by atoms with Crippen LogP contribution in [0.25, 0.3) is 0 Å². The third-order valence-electron chi connectivity index (χ3n) is 4.36. The Morgan fingerprint density at radius 3 is 1.39 bits per heavy atom. The van der Waals surface area contributed by atoms with Gasteiger partial charge in [-0.25, -0.2) is 16.8 Å². The molecule has 146 valence electrons. The summed E-state index contributed by atoms with van der Waals surface area (Å²) in [6.07, 6.45) is 0.842. The third-order valence-corrected chi connectivity index (χ3v) is 8.61. The molecule has 0 saturated heterocycles. The summed E-state index contributed by atoms with van der Waals surface area (Å²) in [5, 5.41) is 0. The average molecular weight is 416 g/mol. The minimum absolute atomic E-state index is 0.0697. The molecular weight excluding hydrogens is 394 g/mol. The van der Waals surface area contributed by atoms with E-state index >= 15 is 0 Å². The first-order valence-electron chi connectivity index (χ1n) is 8.81. The summed E-state index contributed by atoms with van der Waals surface area (Å²) in [6, 6.07) is 22.4. The zero-order valence-corrected chi connectivity index (χ0v) is 17.0. The Bertz CT molecular complexity index is 1060. The fraction of sp³-hybridized carbons (Fsp3) is 0.143. The Labute approximate surface area is 166 Å². The van der Waals surface area contributed by atoms with E-state index in [-0.39, 0.29) is 16.3 Å². The van der Waals surface area contributed by atoms with Crippen LogP contribution in [0.5, 0.6) is 0 Å². The molecule has 0 spiro atoms. The summed E-state index contributed by atoms with van der Waals surface area (Å²) in [5.74, 6) is 0. The molecule has 0 unspecified atom stereocenters. The predicted octanol–water partition coefficient (Wildman–Crippen LogP) is 3.83. The SMILES string of the molecule is CCc1ccc(CN(S(=O)(=O)c2ccccc2)S(=O)(=O)c2ccccc2)cc1. The second-order valence-corrected chi connectivity index (χ2v) is 10.2. The third kappa shape index (κ3) is 4.16. The van der Waals surface area contributed by atoms with Gasteiger partial charge < -0.3 is 0 Å². The molecule has 0 aromatic heterocycles. The average Bonchev–Trinajstić information content (AvgIpc) is 2.73. The summed E-state index contributed by atoms with van der Waals surface area (Å²) in [5.41, 5.74) is 1.68. The zero-order valence-electron chi connectivity index (χ0n) is 15.4. The van der Waals surface area contributed by atoms with Gasteiger partial charge in [0.15, 0.2) is 0 Å². The van der Waals surface area contributed by atoms with Crippen molar-refractivity contribution < 1.29 is 16.8 Å². The Morgan fingerprint density at radius 1 is 0.607 bits per heavy atom. The van der Waals surface area contributed by atoms with Gasteiger partial charge in [0.2, 0.25) is 0 Å². The van der Waals surface area contributed by atoms with Crippen LogP contribution in [-0.2, 0) is 33.0 Å². The smallest absolute Gasteiger partial charge is 0.206 e. The highest BCUT2D eigenvalue weighted by Crippen LogP contribution is 2.26. The lowest BCUT2D eigenvalue weighted by molar-refractivity contribution is 0.494. The molecule has 0 aliphatic rings. The van der Waals surface area contributed by atoms with E-state index in [1.54, 1.807) is 48.5 Å². The van der Waals surface area contributed by atoms with E-state index in [0.29, 0.717) is 9.27 Å². The maximum atomic E-state index is 13.2. The van der Waals surface area contributed by atoms with Crippen LogP contribution >= 0.6 is 0 Å². The van der Waals surface area contributed by atoms with Crippen LogP contribution in [0.15, 0.2) is 94.7 Å². The first-order valence-corrected chi connectivity index (χ1v) is 11.7. The Hall–Kier alpha value is -2.48. The highest BCUT2D eigenvalue weighted by atomic mass is 32.3. The van der Waals surface area contributed by atoms with Crippen LogP contribution < -0.4 is 0 Å². The van der Waals surface area contributed by atoms with Gasteiger partial charge >= 0.3 is 0 Å². The summed E-state index contributed by atoms with van der Waals surface area (Å²) in [6.45, 7) is 1.74. The Balaban J connectivity index is 2.11. The Morgan fingerprint density at radius 2 is 1.00 bits per heavy atom. The lowest BCUT2D eigenvalue weighted by Gasteiger charge is -2.22. The molecule has 5 nitrogen and oxygen atoms in total. The lowest BCUT2D eigenvalue weighted by Crippen LogP contribution is -2.36. The number of nitrogens with zero attached hydrogens (tertiary/aromatic N) is 1. The minimum atomic E-state index is -4.28. The molecule has 0 bridgehead atoms. The number of rotatable bonds is 7. The molecule has 0 fully saturated rings. The fourth-order valence-electron chi connectivity index (χ4n) is 2.75. The number of sulfonamides is 2. The molecule has 0 N–H and O–H groups in total. The molecule has 28 heavy (non-hydrogen) atoms. The van der Waals surface area contributed by atoms with Crippen molar-refractivity contribution in [2.45, 2.75) is 29.7 Å². The van der Waals surface area contributed by atoms with E-state index in [1.165, 1.54) is 24.3 Å². The van der Waals surface area contributed by atoms with Gasteiger partial charge in [0.25, 0.3) is 20.0 Å². The largest absolute Gasteiger partial charge is 0.256 e. The molecule has 0 atom stereocenters. The van der Waals surface area contributed by atoms with E-state index < -0.39 is 20.0 Å². The van der Waals surface area contributed by atoms with Gasteiger partial charge in [-0.3, -0.25) is 0 Å². The maximum absolute atomic E-state index is 13.2. The molecule has 3 aromatic carbocycles. The fourth-order valence-corrected chi connectivity index (χ4v) is 6.41. The second-order valence-electron chi connectivity index (χ2n) is 6.24. The summed E-state index contributed by atoms with van der Waals surface area (Å²) in [7, 11) is -8.55. The molecule has 3 aromatic rings. The molecule has 0 amide bonds. The molecular formula is C21H21NO4S2. The Kier molecular flexibility index (Phi) is 5.98. The van der Waals surface area contributed by atoms with Gasteiger partial charge in [0.1, 0.15) is 0 Å². The maximum Gasteiger partial charge on any atom is 0.256 e. The van der Waals surface area contributed by atoms with Gasteiger partial charge in [-0.1, -0.05) is 71.3 Å². The number of hydrogen-bond acceptors (Lipinski definition) is 4. The van der Waals surface area contributed by atoms with E-state index in [2.05, 4.69) is 0 Å². The summed E-state index contributed by atoms with van der Waals surface area (Å²) >= 11 is 0. The van der Waals surface area contributed by atoms with Crippen molar-refractivity contribution in [2.75, 3.05) is 0 Å². The molecule has 0 heterocycles. The van der Waals surface area contributed by atoms with Gasteiger partial charge in [-0.15, -0.1) is 0 Å². The van der Waals surface area contributed by atoms with Crippen molar-refractivity contribution in [3.8, 4) is 0 Å². The molecule has 0 radical (unpaired) electrons. The van der Waals surface area contributed by atoms with Gasteiger partial charge in [-0.2, -0.15) is 0 Å². The van der Waals surface area contributed by atoms with Crippen LogP contribution in [0, 0.1) is 0 Å². The standard InChI is InChI=1S/C21H21NO4S2/c1-2-18-13-15-19(16-14-18)17-22(27(23,24)20-9-5-3-6-10-20)28(25,26)21-11-7-4-8-12-21/h3-16H,2,17H2,1H3. The molecule has 0 saturated carbocycles. The van der Waals surface area contributed by atoms with Crippen LogP contribution in [0.2, 0.25) is 0 Å². The van der Waals surface area contributed by atoms with Crippen LogP contribution in [0.1, 0.15) is 18.1 Å². The topological polar surface area (TPSA) is 71.5 Å². The second kappa shape index (κ2) is 8.26. The highest BCUT2D eigenvalue weighted by Gasteiger charge is 2.36. The molecule has 0 aliphatic heterocycles. The normalized spacial score (nSPS) is 12.2. The van der Waals surface area contributed by atoms with Crippen LogP contribution in [-0.4, -0.2) is 20.5 Å². The monoisotopic (exact) mass is 415 g/mol. The van der Waals surface area contributed by atoms with E-state index in [9.17, 15) is 16.8 Å². The highest BCUT2D eigenvalue weighted by molar-refractivity contribution is 8.04. The van der Waals surface area contributed by atoms with Crippen molar-refractivity contribution in [1.29, 1.82) is 0 Å².